The van der Waals surface area contributed by atoms with Gasteiger partial charge < -0.3 is 5.11 Å². The third-order valence-corrected chi connectivity index (χ3v) is 3.17. The lowest BCUT2D eigenvalue weighted by Gasteiger charge is -2.05. The molecule has 3 rings (SSSR count). The fraction of sp³-hybridized carbons (Fsp3) is 0. The van der Waals surface area contributed by atoms with E-state index in [0.29, 0.717) is 0 Å². The van der Waals surface area contributed by atoms with Crippen LogP contribution in [0.25, 0.3) is 17.0 Å². The Morgan fingerprint density at radius 3 is 2.52 bits per heavy atom. The molecule has 0 saturated carbocycles. The zero-order valence-electron chi connectivity index (χ0n) is 10.2. The van der Waals surface area contributed by atoms with E-state index in [1.165, 1.54) is 12.1 Å². The fourth-order valence-corrected chi connectivity index (χ4v) is 2.20. The van der Waals surface area contributed by atoms with E-state index in [1.807, 2.05) is 0 Å². The minimum atomic E-state index is -1.23. The third-order valence-electron chi connectivity index (χ3n) is 2.89. The average Bonchev–Trinajstić information content (AvgIpc) is 2.83. The molecule has 21 heavy (non-hydrogen) atoms. The molecule has 0 fully saturated rings. The first kappa shape index (κ1) is 13.4. The Bertz CT molecular complexity index is 859. The number of halogens is 3. The Morgan fingerprint density at radius 1 is 1.24 bits per heavy atom. The molecule has 0 aliphatic carbocycles. The maximum Gasteiger partial charge on any atom is 0.337 e. The predicted octanol–water partition coefficient (Wildman–Crippen LogP) is 3.03. The zero-order valence-corrected chi connectivity index (χ0v) is 11.0. The molecular weight excluding hydrogens is 304 g/mol. The van der Waals surface area contributed by atoms with Crippen molar-refractivity contribution in [2.75, 3.05) is 0 Å². The van der Waals surface area contributed by atoms with Crippen LogP contribution in [0.5, 0.6) is 0 Å². The number of benzene rings is 1. The van der Waals surface area contributed by atoms with Crippen molar-refractivity contribution < 1.29 is 18.7 Å². The summed E-state index contributed by atoms with van der Waals surface area (Å²) in [5, 5.41) is 16.5. The van der Waals surface area contributed by atoms with Crippen molar-refractivity contribution in [3.8, 4) is 11.4 Å². The van der Waals surface area contributed by atoms with Gasteiger partial charge in [0.15, 0.2) is 11.5 Å². The summed E-state index contributed by atoms with van der Waals surface area (Å²) in [6, 6.07) is 4.55. The predicted molar refractivity (Wildman–Crippen MR) is 70.3 cm³/mol. The lowest BCUT2D eigenvalue weighted by atomic mass is 10.2. The molecule has 0 saturated heterocycles. The molecule has 0 aliphatic rings. The molecule has 0 bridgehead atoms. The molecule has 0 amide bonds. The quantitative estimate of drug-likeness (QED) is 0.790. The molecule has 0 aliphatic heterocycles. The first-order chi connectivity index (χ1) is 9.99. The van der Waals surface area contributed by atoms with Gasteiger partial charge in [-0.3, -0.25) is 4.40 Å². The summed E-state index contributed by atoms with van der Waals surface area (Å²) in [6.07, 6.45) is 1.16. The Kier molecular flexibility index (Phi) is 3.06. The summed E-state index contributed by atoms with van der Waals surface area (Å²) in [7, 11) is 0. The summed E-state index contributed by atoms with van der Waals surface area (Å²) in [5.41, 5.74) is -0.437. The highest BCUT2D eigenvalue weighted by Gasteiger charge is 2.19. The number of carboxylic acids is 1. The van der Waals surface area contributed by atoms with E-state index in [9.17, 15) is 13.6 Å². The van der Waals surface area contributed by atoms with Crippen molar-refractivity contribution in [1.82, 2.24) is 14.6 Å². The summed E-state index contributed by atoms with van der Waals surface area (Å²) in [4.78, 5) is 11.0. The van der Waals surface area contributed by atoms with E-state index in [1.54, 1.807) is 0 Å². The molecule has 1 N–H and O–H groups in total. The average molecular weight is 310 g/mol. The maximum atomic E-state index is 13.8. The van der Waals surface area contributed by atoms with Crippen molar-refractivity contribution in [2.45, 2.75) is 0 Å². The molecule has 3 aromatic rings. The second-order valence-corrected chi connectivity index (χ2v) is 4.60. The highest BCUT2D eigenvalue weighted by molar-refractivity contribution is 6.33. The van der Waals surface area contributed by atoms with Crippen LogP contribution in [0.2, 0.25) is 5.02 Å². The summed E-state index contributed by atoms with van der Waals surface area (Å²) in [6.45, 7) is 0. The minimum absolute atomic E-state index is 0.0189. The Hall–Kier alpha value is -2.54. The molecule has 106 valence electrons. The van der Waals surface area contributed by atoms with Crippen LogP contribution in [-0.2, 0) is 0 Å². The van der Waals surface area contributed by atoms with Gasteiger partial charge in [0.1, 0.15) is 11.6 Å². The molecule has 0 spiro atoms. The Labute approximate surface area is 121 Å². The molecule has 1 aromatic carbocycles. The molecule has 5 nitrogen and oxygen atoms in total. The molecule has 0 atom stereocenters. The lowest BCUT2D eigenvalue weighted by molar-refractivity contribution is 0.0696. The largest absolute Gasteiger partial charge is 0.478 e. The Morgan fingerprint density at radius 2 is 1.90 bits per heavy atom. The summed E-state index contributed by atoms with van der Waals surface area (Å²) < 4.78 is 28.8. The lowest BCUT2D eigenvalue weighted by Crippen LogP contribution is -2.01. The van der Waals surface area contributed by atoms with Crippen LogP contribution >= 0.6 is 11.6 Å². The number of carboxylic acid groups (broad SMARTS) is 1. The summed E-state index contributed by atoms with van der Waals surface area (Å²) in [5.74, 6) is -3.06. The van der Waals surface area contributed by atoms with E-state index in [0.717, 1.165) is 22.7 Å². The van der Waals surface area contributed by atoms with Gasteiger partial charge in [0.25, 0.3) is 0 Å². The van der Waals surface area contributed by atoms with Crippen LogP contribution in [0, 0.1) is 11.6 Å². The van der Waals surface area contributed by atoms with E-state index in [-0.39, 0.29) is 22.1 Å². The monoisotopic (exact) mass is 309 g/mol. The van der Waals surface area contributed by atoms with Crippen LogP contribution in [0.4, 0.5) is 8.78 Å². The number of carbonyl (C=O) groups is 1. The molecule has 8 heteroatoms. The maximum absolute atomic E-state index is 13.8. The standard InChI is InChI=1S/C13H6ClF2N3O2/c14-7-4-6(13(20)21)5-19-11(7)17-18-12(19)10-8(15)2-1-3-9(10)16/h1-5H,(H,20,21). The smallest absolute Gasteiger partial charge is 0.337 e. The van der Waals surface area contributed by atoms with Crippen LogP contribution in [-0.4, -0.2) is 25.7 Å². The van der Waals surface area contributed by atoms with Gasteiger partial charge in [0.2, 0.25) is 0 Å². The summed E-state index contributed by atoms with van der Waals surface area (Å²) >= 11 is 5.91. The SMILES string of the molecule is O=C(O)c1cc(Cl)c2nnc(-c3c(F)cccc3F)n2c1. The highest BCUT2D eigenvalue weighted by Crippen LogP contribution is 2.27. The van der Waals surface area contributed by atoms with Crippen LogP contribution in [0.3, 0.4) is 0 Å². The number of hydrogen-bond donors (Lipinski definition) is 1. The van der Waals surface area contributed by atoms with Gasteiger partial charge in [-0.2, -0.15) is 0 Å². The third kappa shape index (κ3) is 2.11. The zero-order chi connectivity index (χ0) is 15.1. The van der Waals surface area contributed by atoms with E-state index in [2.05, 4.69) is 10.2 Å². The molecular formula is C13H6ClF2N3O2. The molecule has 2 aromatic heterocycles. The van der Waals surface area contributed by atoms with Crippen molar-refractivity contribution in [3.63, 3.8) is 0 Å². The van der Waals surface area contributed by atoms with Crippen LogP contribution < -0.4 is 0 Å². The number of nitrogens with zero attached hydrogens (tertiary/aromatic N) is 3. The number of pyridine rings is 1. The van der Waals surface area contributed by atoms with E-state index < -0.39 is 23.2 Å². The van der Waals surface area contributed by atoms with E-state index >= 15 is 0 Å². The van der Waals surface area contributed by atoms with Gasteiger partial charge >= 0.3 is 5.97 Å². The molecule has 2 heterocycles. The van der Waals surface area contributed by atoms with Crippen LogP contribution in [0.15, 0.2) is 30.5 Å². The fourth-order valence-electron chi connectivity index (χ4n) is 1.95. The number of rotatable bonds is 2. The first-order valence-electron chi connectivity index (χ1n) is 5.71. The second-order valence-electron chi connectivity index (χ2n) is 4.20. The van der Waals surface area contributed by atoms with Gasteiger partial charge in [0, 0.05) is 6.20 Å². The highest BCUT2D eigenvalue weighted by atomic mass is 35.5. The molecule has 0 unspecified atom stereocenters. The second kappa shape index (κ2) is 4.78. The van der Waals surface area contributed by atoms with Gasteiger partial charge in [0.05, 0.1) is 16.1 Å². The van der Waals surface area contributed by atoms with Crippen molar-refractivity contribution in [2.24, 2.45) is 0 Å². The number of aromatic carboxylic acids is 1. The minimum Gasteiger partial charge on any atom is -0.478 e. The topological polar surface area (TPSA) is 67.5 Å². The van der Waals surface area contributed by atoms with Gasteiger partial charge in [-0.15, -0.1) is 10.2 Å². The van der Waals surface area contributed by atoms with Gasteiger partial charge in [-0.1, -0.05) is 17.7 Å². The number of fused-ring (bicyclic) bond motifs is 1. The normalized spacial score (nSPS) is 11.0. The molecule has 0 radical (unpaired) electrons. The van der Waals surface area contributed by atoms with Crippen molar-refractivity contribution >= 4 is 23.2 Å². The Balaban J connectivity index is 2.37. The first-order valence-corrected chi connectivity index (χ1v) is 6.09. The number of hydrogen-bond acceptors (Lipinski definition) is 3. The van der Waals surface area contributed by atoms with E-state index in [4.69, 9.17) is 16.7 Å². The van der Waals surface area contributed by atoms with Gasteiger partial charge in [-0.25, -0.2) is 13.6 Å². The number of aromatic nitrogens is 3. The van der Waals surface area contributed by atoms with Crippen molar-refractivity contribution in [1.29, 1.82) is 0 Å². The van der Waals surface area contributed by atoms with Crippen LogP contribution in [0.1, 0.15) is 10.4 Å². The van der Waals surface area contributed by atoms with Gasteiger partial charge in [-0.05, 0) is 18.2 Å². The van der Waals surface area contributed by atoms with Crippen molar-refractivity contribution in [3.05, 3.63) is 52.7 Å².